The molecule has 0 atom stereocenters. The Morgan fingerprint density at radius 1 is 1.05 bits per heavy atom. The highest BCUT2D eigenvalue weighted by atomic mass is 32.2. The predicted octanol–water partition coefficient (Wildman–Crippen LogP) is 2.69. The molecule has 0 saturated carbocycles. The lowest BCUT2D eigenvalue weighted by Crippen LogP contribution is -2.14. The van der Waals surface area contributed by atoms with Gasteiger partial charge in [-0.05, 0) is 49.2 Å². The Kier molecular flexibility index (Phi) is 3.48. The third kappa shape index (κ3) is 3.06. The molecule has 0 heterocycles. The van der Waals surface area contributed by atoms with E-state index in [4.69, 9.17) is 5.73 Å². The summed E-state index contributed by atoms with van der Waals surface area (Å²) < 4.78 is 27.1. The molecule has 2 aromatic carbocycles. The number of nitrogen functional groups attached to an aromatic ring is 1. The minimum absolute atomic E-state index is 0.161. The fourth-order valence-corrected chi connectivity index (χ4v) is 2.91. The van der Waals surface area contributed by atoms with Crippen LogP contribution in [0.3, 0.4) is 0 Å². The van der Waals surface area contributed by atoms with Gasteiger partial charge in [0, 0.05) is 5.69 Å². The number of nitrogens with two attached hydrogens (primary N) is 1. The first-order valence-corrected chi connectivity index (χ1v) is 7.32. The van der Waals surface area contributed by atoms with Crippen LogP contribution in [0.1, 0.15) is 11.1 Å². The van der Waals surface area contributed by atoms with Crippen LogP contribution in [0.2, 0.25) is 0 Å². The van der Waals surface area contributed by atoms with E-state index in [1.54, 1.807) is 18.2 Å². The summed E-state index contributed by atoms with van der Waals surface area (Å²) in [6, 6.07) is 11.8. The van der Waals surface area contributed by atoms with Gasteiger partial charge in [-0.2, -0.15) is 0 Å². The molecule has 2 rings (SSSR count). The average molecular weight is 276 g/mol. The monoisotopic (exact) mass is 276 g/mol. The van der Waals surface area contributed by atoms with Gasteiger partial charge in [0.15, 0.2) is 0 Å². The molecule has 2 aromatic rings. The van der Waals surface area contributed by atoms with Crippen molar-refractivity contribution in [1.82, 2.24) is 0 Å². The molecule has 4 nitrogen and oxygen atoms in total. The minimum atomic E-state index is -3.61. The zero-order valence-electron chi connectivity index (χ0n) is 10.8. The molecule has 0 aliphatic carbocycles. The predicted molar refractivity (Wildman–Crippen MR) is 77.6 cm³/mol. The number of hydrogen-bond donors (Lipinski definition) is 2. The summed E-state index contributed by atoms with van der Waals surface area (Å²) in [6.45, 7) is 3.77. The van der Waals surface area contributed by atoms with E-state index < -0.39 is 10.0 Å². The minimum Gasteiger partial charge on any atom is -0.399 e. The maximum absolute atomic E-state index is 12.3. The van der Waals surface area contributed by atoms with Crippen molar-refractivity contribution in [2.45, 2.75) is 18.7 Å². The maximum atomic E-state index is 12.3. The highest BCUT2D eigenvalue weighted by Crippen LogP contribution is 2.21. The van der Waals surface area contributed by atoms with E-state index in [0.717, 1.165) is 11.1 Å². The van der Waals surface area contributed by atoms with Crippen molar-refractivity contribution in [1.29, 1.82) is 0 Å². The van der Waals surface area contributed by atoms with Gasteiger partial charge in [-0.25, -0.2) is 8.42 Å². The molecule has 0 aromatic heterocycles. The van der Waals surface area contributed by atoms with E-state index in [2.05, 4.69) is 4.72 Å². The molecule has 0 fully saturated rings. The van der Waals surface area contributed by atoms with E-state index in [9.17, 15) is 8.42 Å². The van der Waals surface area contributed by atoms with Gasteiger partial charge in [-0.3, -0.25) is 4.72 Å². The molecule has 0 saturated heterocycles. The standard InChI is InChI=1S/C14H16N2O2S/c1-10-6-7-11(2)14(8-10)16-19(17,18)13-5-3-4-12(15)9-13/h3-9,16H,15H2,1-2H3. The van der Waals surface area contributed by atoms with Crippen LogP contribution >= 0.6 is 0 Å². The van der Waals surface area contributed by atoms with Crippen molar-refractivity contribution < 1.29 is 8.42 Å². The Balaban J connectivity index is 2.39. The van der Waals surface area contributed by atoms with Crippen LogP contribution in [-0.4, -0.2) is 8.42 Å². The van der Waals surface area contributed by atoms with Crippen LogP contribution in [-0.2, 0) is 10.0 Å². The number of anilines is 2. The molecule has 0 aliphatic rings. The second-order valence-corrected chi connectivity index (χ2v) is 6.18. The molecule has 0 spiro atoms. The Morgan fingerprint density at radius 2 is 1.79 bits per heavy atom. The Labute approximate surface area is 113 Å². The molecular weight excluding hydrogens is 260 g/mol. The smallest absolute Gasteiger partial charge is 0.261 e. The van der Waals surface area contributed by atoms with Gasteiger partial charge in [-0.15, -0.1) is 0 Å². The zero-order chi connectivity index (χ0) is 14.0. The van der Waals surface area contributed by atoms with Crippen molar-refractivity contribution in [2.75, 3.05) is 10.5 Å². The number of hydrogen-bond acceptors (Lipinski definition) is 3. The van der Waals surface area contributed by atoms with Crippen molar-refractivity contribution in [3.63, 3.8) is 0 Å². The summed E-state index contributed by atoms with van der Waals surface area (Å²) in [5.41, 5.74) is 8.49. The molecule has 0 amide bonds. The molecule has 3 N–H and O–H groups in total. The van der Waals surface area contributed by atoms with Crippen LogP contribution in [0.15, 0.2) is 47.4 Å². The first kappa shape index (κ1) is 13.4. The van der Waals surface area contributed by atoms with Gasteiger partial charge >= 0.3 is 0 Å². The molecule has 0 unspecified atom stereocenters. The summed E-state index contributed by atoms with van der Waals surface area (Å²) in [4.78, 5) is 0.161. The van der Waals surface area contributed by atoms with E-state index in [1.807, 2.05) is 26.0 Å². The van der Waals surface area contributed by atoms with Crippen molar-refractivity contribution >= 4 is 21.4 Å². The molecule has 0 radical (unpaired) electrons. The quantitative estimate of drug-likeness (QED) is 0.847. The number of nitrogens with one attached hydrogen (secondary N) is 1. The van der Waals surface area contributed by atoms with Crippen molar-refractivity contribution in [3.05, 3.63) is 53.6 Å². The summed E-state index contributed by atoms with van der Waals surface area (Å²) >= 11 is 0. The summed E-state index contributed by atoms with van der Waals surface area (Å²) in [5, 5.41) is 0. The molecular formula is C14H16N2O2S. The normalized spacial score (nSPS) is 11.3. The number of rotatable bonds is 3. The largest absolute Gasteiger partial charge is 0.399 e. The lowest BCUT2D eigenvalue weighted by atomic mass is 10.1. The lowest BCUT2D eigenvalue weighted by Gasteiger charge is -2.11. The van der Waals surface area contributed by atoms with Crippen LogP contribution in [0.5, 0.6) is 0 Å². The first-order valence-electron chi connectivity index (χ1n) is 5.84. The van der Waals surface area contributed by atoms with Gasteiger partial charge in [0.2, 0.25) is 0 Å². The summed E-state index contributed by atoms with van der Waals surface area (Å²) in [5.74, 6) is 0. The molecule has 5 heteroatoms. The lowest BCUT2D eigenvalue weighted by molar-refractivity contribution is 0.601. The van der Waals surface area contributed by atoms with Gasteiger partial charge in [-0.1, -0.05) is 18.2 Å². The number of sulfonamides is 1. The van der Waals surface area contributed by atoms with Crippen LogP contribution in [0, 0.1) is 13.8 Å². The summed E-state index contributed by atoms with van der Waals surface area (Å²) in [6.07, 6.45) is 0. The van der Waals surface area contributed by atoms with E-state index in [1.165, 1.54) is 12.1 Å². The van der Waals surface area contributed by atoms with Crippen LogP contribution in [0.4, 0.5) is 11.4 Å². The fourth-order valence-electron chi connectivity index (χ4n) is 1.73. The SMILES string of the molecule is Cc1ccc(C)c(NS(=O)(=O)c2cccc(N)c2)c1. The van der Waals surface area contributed by atoms with Gasteiger partial charge < -0.3 is 5.73 Å². The Bertz CT molecular complexity index is 709. The van der Waals surface area contributed by atoms with Crippen LogP contribution < -0.4 is 10.5 Å². The van der Waals surface area contributed by atoms with E-state index >= 15 is 0 Å². The fraction of sp³-hybridized carbons (Fsp3) is 0.143. The second-order valence-electron chi connectivity index (χ2n) is 4.50. The van der Waals surface area contributed by atoms with Crippen LogP contribution in [0.25, 0.3) is 0 Å². The number of benzene rings is 2. The maximum Gasteiger partial charge on any atom is 0.261 e. The van der Waals surface area contributed by atoms with Gasteiger partial charge in [0.1, 0.15) is 0 Å². The molecule has 19 heavy (non-hydrogen) atoms. The molecule has 100 valence electrons. The number of aryl methyl sites for hydroxylation is 2. The average Bonchev–Trinajstić information content (AvgIpc) is 2.33. The van der Waals surface area contributed by atoms with E-state index in [-0.39, 0.29) is 4.90 Å². The molecule has 0 aliphatic heterocycles. The highest BCUT2D eigenvalue weighted by molar-refractivity contribution is 7.92. The topological polar surface area (TPSA) is 72.2 Å². The molecule has 0 bridgehead atoms. The first-order chi connectivity index (χ1) is 8.88. The third-order valence-corrected chi connectivity index (χ3v) is 4.17. The Morgan fingerprint density at radius 3 is 2.47 bits per heavy atom. The van der Waals surface area contributed by atoms with Crippen molar-refractivity contribution in [2.24, 2.45) is 0 Å². The highest BCUT2D eigenvalue weighted by Gasteiger charge is 2.15. The zero-order valence-corrected chi connectivity index (χ0v) is 11.7. The van der Waals surface area contributed by atoms with Gasteiger partial charge in [0.25, 0.3) is 10.0 Å². The second kappa shape index (κ2) is 4.93. The van der Waals surface area contributed by atoms with Gasteiger partial charge in [0.05, 0.1) is 10.6 Å². The summed E-state index contributed by atoms with van der Waals surface area (Å²) in [7, 11) is -3.61. The van der Waals surface area contributed by atoms with Crippen molar-refractivity contribution in [3.8, 4) is 0 Å². The third-order valence-electron chi connectivity index (χ3n) is 2.81. The Hall–Kier alpha value is -2.01. The van der Waals surface area contributed by atoms with E-state index in [0.29, 0.717) is 11.4 Å².